The summed E-state index contributed by atoms with van der Waals surface area (Å²) in [6.07, 6.45) is 8.36. The van der Waals surface area contributed by atoms with E-state index >= 15 is 0 Å². The van der Waals surface area contributed by atoms with Gasteiger partial charge in [-0.15, -0.1) is 0 Å². The highest BCUT2D eigenvalue weighted by molar-refractivity contribution is 7.84. The summed E-state index contributed by atoms with van der Waals surface area (Å²) in [6, 6.07) is 13.6. The summed E-state index contributed by atoms with van der Waals surface area (Å²) < 4.78 is 14.0. The van der Waals surface area contributed by atoms with Gasteiger partial charge in [0.2, 0.25) is 5.95 Å². The Labute approximate surface area is 248 Å². The van der Waals surface area contributed by atoms with Gasteiger partial charge in [0.05, 0.1) is 39.3 Å². The summed E-state index contributed by atoms with van der Waals surface area (Å²) in [4.78, 5) is 32.8. The molecule has 0 aliphatic carbocycles. The molecule has 42 heavy (non-hydrogen) atoms. The van der Waals surface area contributed by atoms with Gasteiger partial charge >= 0.3 is 0 Å². The first-order chi connectivity index (χ1) is 20.2. The Morgan fingerprint density at radius 1 is 1.05 bits per heavy atom. The van der Waals surface area contributed by atoms with Crippen molar-refractivity contribution in [1.29, 1.82) is 0 Å². The van der Waals surface area contributed by atoms with Crippen LogP contribution in [0.2, 0.25) is 0 Å². The Morgan fingerprint density at radius 3 is 2.57 bits per heavy atom. The number of rotatable bonds is 6. The van der Waals surface area contributed by atoms with E-state index in [9.17, 15) is 9.00 Å². The van der Waals surface area contributed by atoms with E-state index < -0.39 is 10.8 Å². The largest absolute Gasteiger partial charge is 0.378 e. The predicted molar refractivity (Wildman–Crippen MR) is 171 cm³/mol. The van der Waals surface area contributed by atoms with Crippen LogP contribution in [0.15, 0.2) is 81.3 Å². The number of aliphatic imine (C=N–C) groups is 1. The summed E-state index contributed by atoms with van der Waals surface area (Å²) >= 11 is 0. The quantitative estimate of drug-likeness (QED) is 0.354. The Kier molecular flexibility index (Phi) is 7.40. The SMILES string of the molecule is Cc1cc(C(C)Nc2ccccc2S(C)=O)c2cc(-c3cnc(N4CCC5=CN(C)CN=C5C4)nc3)n(C)c(=O)c2c1. The minimum atomic E-state index is -1.13. The summed E-state index contributed by atoms with van der Waals surface area (Å²) in [5, 5.41) is 5.07. The van der Waals surface area contributed by atoms with Gasteiger partial charge in [-0.05, 0) is 66.6 Å². The minimum Gasteiger partial charge on any atom is -0.378 e. The van der Waals surface area contributed by atoms with Crippen molar-refractivity contribution in [3.8, 4) is 11.3 Å². The van der Waals surface area contributed by atoms with E-state index in [0.717, 1.165) is 57.0 Å². The van der Waals surface area contributed by atoms with Gasteiger partial charge in [0.15, 0.2) is 0 Å². The van der Waals surface area contributed by atoms with Crippen LogP contribution in [0.4, 0.5) is 11.6 Å². The highest BCUT2D eigenvalue weighted by Gasteiger charge is 2.24. The van der Waals surface area contributed by atoms with E-state index in [2.05, 4.69) is 40.4 Å². The summed E-state index contributed by atoms with van der Waals surface area (Å²) in [5.74, 6) is 0.659. The number of piperidine rings is 1. The molecule has 2 aliphatic rings. The smallest absolute Gasteiger partial charge is 0.258 e. The molecule has 2 aromatic heterocycles. The molecule has 0 bridgehead atoms. The molecule has 6 rings (SSSR count). The third kappa shape index (κ3) is 5.22. The molecule has 0 spiro atoms. The highest BCUT2D eigenvalue weighted by Crippen LogP contribution is 2.32. The van der Waals surface area contributed by atoms with Crippen molar-refractivity contribution in [2.75, 3.05) is 43.3 Å². The van der Waals surface area contributed by atoms with Crippen LogP contribution in [0.25, 0.3) is 22.0 Å². The molecule has 2 aromatic carbocycles. The number of hydrogen-bond donors (Lipinski definition) is 1. The average Bonchev–Trinajstić information content (AvgIpc) is 2.99. The second kappa shape index (κ2) is 11.2. The molecule has 0 radical (unpaired) electrons. The number of hydrogen-bond acceptors (Lipinski definition) is 8. The molecule has 1 fully saturated rings. The maximum atomic E-state index is 13.7. The van der Waals surface area contributed by atoms with Crippen LogP contribution in [-0.2, 0) is 17.8 Å². The van der Waals surface area contributed by atoms with Crippen LogP contribution in [0.1, 0.15) is 30.5 Å². The van der Waals surface area contributed by atoms with Gasteiger partial charge in [-0.1, -0.05) is 18.2 Å². The van der Waals surface area contributed by atoms with E-state index in [1.807, 2.05) is 44.3 Å². The van der Waals surface area contributed by atoms with Crippen molar-refractivity contribution >= 4 is 38.9 Å². The number of aromatic nitrogens is 3. The molecule has 1 N–H and O–H groups in total. The van der Waals surface area contributed by atoms with Crippen LogP contribution < -0.4 is 15.8 Å². The summed E-state index contributed by atoms with van der Waals surface area (Å²) in [6.45, 7) is 6.25. The lowest BCUT2D eigenvalue weighted by molar-refractivity contribution is 0.459. The van der Waals surface area contributed by atoms with E-state index in [0.29, 0.717) is 24.5 Å². The summed E-state index contributed by atoms with van der Waals surface area (Å²) in [5.41, 5.74) is 6.64. The highest BCUT2D eigenvalue weighted by atomic mass is 32.2. The minimum absolute atomic E-state index is 0.0746. The van der Waals surface area contributed by atoms with Crippen LogP contribution in [-0.4, -0.2) is 62.4 Å². The van der Waals surface area contributed by atoms with Crippen molar-refractivity contribution in [3.05, 3.63) is 88.1 Å². The second-order valence-electron chi connectivity index (χ2n) is 11.1. The van der Waals surface area contributed by atoms with Crippen LogP contribution in [0, 0.1) is 6.92 Å². The van der Waals surface area contributed by atoms with Crippen molar-refractivity contribution in [3.63, 3.8) is 0 Å². The molecule has 10 heteroatoms. The molecule has 4 aromatic rings. The van der Waals surface area contributed by atoms with Gasteiger partial charge in [0.25, 0.3) is 5.56 Å². The molecule has 216 valence electrons. The van der Waals surface area contributed by atoms with Crippen molar-refractivity contribution in [2.24, 2.45) is 12.0 Å². The van der Waals surface area contributed by atoms with Gasteiger partial charge in [-0.2, -0.15) is 0 Å². The Balaban J connectivity index is 1.34. The Morgan fingerprint density at radius 2 is 1.81 bits per heavy atom. The van der Waals surface area contributed by atoms with Crippen molar-refractivity contribution < 1.29 is 4.21 Å². The maximum Gasteiger partial charge on any atom is 0.258 e. The third-order valence-corrected chi connectivity index (χ3v) is 8.98. The van der Waals surface area contributed by atoms with Crippen molar-refractivity contribution in [2.45, 2.75) is 31.2 Å². The van der Waals surface area contributed by atoms with Crippen LogP contribution in [0.5, 0.6) is 0 Å². The number of aryl methyl sites for hydroxylation is 1. The molecule has 2 aliphatic heterocycles. The molecular formula is C32H35N7O2S. The fraction of sp³-hybridized carbons (Fsp3) is 0.312. The molecule has 2 atom stereocenters. The summed E-state index contributed by atoms with van der Waals surface area (Å²) in [7, 11) is 2.70. The average molecular weight is 582 g/mol. The Hall–Kier alpha value is -4.31. The molecule has 1 saturated heterocycles. The van der Waals surface area contributed by atoms with Gasteiger partial charge in [-0.3, -0.25) is 14.0 Å². The monoisotopic (exact) mass is 581 g/mol. The zero-order valence-electron chi connectivity index (χ0n) is 24.6. The maximum absolute atomic E-state index is 13.7. The first kappa shape index (κ1) is 27.8. The number of para-hydroxylation sites is 1. The predicted octanol–water partition coefficient (Wildman–Crippen LogP) is 4.65. The zero-order valence-corrected chi connectivity index (χ0v) is 25.4. The second-order valence-corrected chi connectivity index (χ2v) is 12.5. The van der Waals surface area contributed by atoms with Gasteiger partial charge in [0, 0.05) is 62.5 Å². The van der Waals surface area contributed by atoms with E-state index in [-0.39, 0.29) is 11.6 Å². The number of nitrogens with one attached hydrogen (secondary N) is 1. The number of pyridine rings is 1. The normalized spacial score (nSPS) is 16.5. The molecule has 9 nitrogen and oxygen atoms in total. The number of benzene rings is 2. The molecular weight excluding hydrogens is 546 g/mol. The first-order valence-corrected chi connectivity index (χ1v) is 15.6. The van der Waals surface area contributed by atoms with Crippen molar-refractivity contribution in [1.82, 2.24) is 19.4 Å². The van der Waals surface area contributed by atoms with E-state index in [4.69, 9.17) is 15.0 Å². The first-order valence-electron chi connectivity index (χ1n) is 14.0. The lowest BCUT2D eigenvalue weighted by Gasteiger charge is -2.32. The number of fused-ring (bicyclic) bond motifs is 2. The Bertz CT molecular complexity index is 1830. The topological polar surface area (TPSA) is 95.7 Å². The lowest BCUT2D eigenvalue weighted by Crippen LogP contribution is -2.40. The number of anilines is 2. The van der Waals surface area contributed by atoms with Crippen LogP contribution >= 0.6 is 0 Å². The fourth-order valence-corrected chi connectivity index (χ4v) is 6.52. The van der Waals surface area contributed by atoms with Gasteiger partial charge < -0.3 is 19.7 Å². The van der Waals surface area contributed by atoms with Crippen LogP contribution in [0.3, 0.4) is 0 Å². The molecule has 2 unspecified atom stereocenters. The lowest BCUT2D eigenvalue weighted by atomic mass is 9.96. The molecule has 0 saturated carbocycles. The number of nitrogens with zero attached hydrogens (tertiary/aromatic N) is 6. The van der Waals surface area contributed by atoms with E-state index in [1.54, 1.807) is 30.3 Å². The third-order valence-electron chi connectivity index (χ3n) is 8.01. The molecule has 0 amide bonds. The zero-order chi connectivity index (χ0) is 29.5. The molecule has 4 heterocycles. The fourth-order valence-electron chi connectivity index (χ4n) is 5.81. The standard InChI is InChI=1S/C32H35N7O2S/c1-20-12-24(21(2)36-27-8-6-7-9-30(27)42(5)41)25-14-29(38(4)31(40)26(25)13-20)23-15-33-32(34-16-23)39-11-10-22-17-37(3)19-35-28(22)18-39/h6-9,12-17,21,36H,10-11,18-19H2,1-5H3. The van der Waals surface area contributed by atoms with Gasteiger partial charge in [-0.25, -0.2) is 9.97 Å². The van der Waals surface area contributed by atoms with Gasteiger partial charge in [0.1, 0.15) is 6.67 Å². The van der Waals surface area contributed by atoms with E-state index in [1.165, 1.54) is 5.57 Å².